The second-order valence-electron chi connectivity index (χ2n) is 6.07. The first-order chi connectivity index (χ1) is 12.7. The molecule has 0 aliphatic rings. The van der Waals surface area contributed by atoms with Crippen molar-refractivity contribution in [1.82, 2.24) is 10.6 Å². The molecular weight excluding hydrogens is 326 g/mol. The average Bonchev–Trinajstić information content (AvgIpc) is 2.65. The van der Waals surface area contributed by atoms with Gasteiger partial charge in [0.25, 0.3) is 0 Å². The highest BCUT2D eigenvalue weighted by Crippen LogP contribution is 2.20. The van der Waals surface area contributed by atoms with Crippen LogP contribution in [-0.4, -0.2) is 26.7 Å². The van der Waals surface area contributed by atoms with E-state index in [1.165, 1.54) is 16.7 Å². The Bertz CT molecular complexity index is 712. The maximum atomic E-state index is 5.73. The predicted molar refractivity (Wildman–Crippen MR) is 107 cm³/mol. The fourth-order valence-corrected chi connectivity index (χ4v) is 2.60. The lowest BCUT2D eigenvalue weighted by molar-refractivity contribution is 0.185. The summed E-state index contributed by atoms with van der Waals surface area (Å²) in [5.74, 6) is 1.68. The standard InChI is InChI=1S/C21H29N3O2/c1-5-26-20-12-16(2)6-11-19(20)14-24-21(22-3)23-13-17-7-9-18(10-8-17)15-25-4/h6-12H,5,13-15H2,1-4H3,(H2,22,23,24). The molecule has 0 saturated heterocycles. The topological polar surface area (TPSA) is 54.9 Å². The van der Waals surface area contributed by atoms with Crippen molar-refractivity contribution in [2.75, 3.05) is 20.8 Å². The molecule has 0 unspecified atom stereocenters. The van der Waals surface area contributed by atoms with Crippen molar-refractivity contribution in [2.24, 2.45) is 4.99 Å². The Morgan fingerprint density at radius 1 is 1.00 bits per heavy atom. The van der Waals surface area contributed by atoms with Gasteiger partial charge in [-0.3, -0.25) is 4.99 Å². The molecule has 0 aliphatic carbocycles. The number of hydrogen-bond donors (Lipinski definition) is 2. The summed E-state index contributed by atoms with van der Waals surface area (Å²) in [6.07, 6.45) is 0. The first-order valence-corrected chi connectivity index (χ1v) is 8.89. The zero-order valence-electron chi connectivity index (χ0n) is 16.1. The molecule has 0 fully saturated rings. The van der Waals surface area contributed by atoms with Crippen LogP contribution in [0.1, 0.15) is 29.2 Å². The van der Waals surface area contributed by atoms with Gasteiger partial charge in [-0.05, 0) is 36.6 Å². The van der Waals surface area contributed by atoms with Gasteiger partial charge in [0, 0.05) is 32.8 Å². The second kappa shape index (κ2) is 10.5. The summed E-state index contributed by atoms with van der Waals surface area (Å²) >= 11 is 0. The van der Waals surface area contributed by atoms with Gasteiger partial charge in [-0.1, -0.05) is 36.4 Å². The number of nitrogens with one attached hydrogen (secondary N) is 2. The van der Waals surface area contributed by atoms with E-state index in [1.54, 1.807) is 14.2 Å². The van der Waals surface area contributed by atoms with Crippen molar-refractivity contribution in [2.45, 2.75) is 33.5 Å². The lowest BCUT2D eigenvalue weighted by Crippen LogP contribution is -2.36. The Balaban J connectivity index is 1.90. The van der Waals surface area contributed by atoms with Crippen LogP contribution in [0.15, 0.2) is 47.5 Å². The summed E-state index contributed by atoms with van der Waals surface area (Å²) in [6.45, 7) is 6.72. The fourth-order valence-electron chi connectivity index (χ4n) is 2.60. The van der Waals surface area contributed by atoms with Gasteiger partial charge in [0.15, 0.2) is 5.96 Å². The number of aliphatic imine (C=N–C) groups is 1. The fraction of sp³-hybridized carbons (Fsp3) is 0.381. The van der Waals surface area contributed by atoms with Gasteiger partial charge in [-0.15, -0.1) is 0 Å². The second-order valence-corrected chi connectivity index (χ2v) is 6.07. The van der Waals surface area contributed by atoms with Gasteiger partial charge in [0.1, 0.15) is 5.75 Å². The van der Waals surface area contributed by atoms with Crippen molar-refractivity contribution in [3.63, 3.8) is 0 Å². The number of ether oxygens (including phenoxy) is 2. The van der Waals surface area contributed by atoms with Crippen LogP contribution in [-0.2, 0) is 24.4 Å². The first-order valence-electron chi connectivity index (χ1n) is 8.89. The number of hydrogen-bond acceptors (Lipinski definition) is 3. The van der Waals surface area contributed by atoms with Crippen molar-refractivity contribution >= 4 is 5.96 Å². The van der Waals surface area contributed by atoms with E-state index in [1.807, 2.05) is 6.92 Å². The van der Waals surface area contributed by atoms with E-state index in [2.05, 4.69) is 65.0 Å². The minimum absolute atomic E-state index is 0.635. The zero-order valence-corrected chi connectivity index (χ0v) is 16.1. The molecule has 0 atom stereocenters. The average molecular weight is 355 g/mol. The van der Waals surface area contributed by atoms with Crippen LogP contribution < -0.4 is 15.4 Å². The summed E-state index contributed by atoms with van der Waals surface area (Å²) in [5, 5.41) is 6.68. The Kier molecular flexibility index (Phi) is 7.96. The van der Waals surface area contributed by atoms with E-state index in [9.17, 15) is 0 Å². The molecule has 0 spiro atoms. The third-order valence-electron chi connectivity index (χ3n) is 3.99. The number of benzene rings is 2. The number of nitrogens with zero attached hydrogens (tertiary/aromatic N) is 1. The van der Waals surface area contributed by atoms with E-state index in [0.717, 1.165) is 17.3 Å². The van der Waals surface area contributed by atoms with Crippen LogP contribution in [0.2, 0.25) is 0 Å². The Labute approximate surface area is 156 Å². The van der Waals surface area contributed by atoms with Gasteiger partial charge in [0.2, 0.25) is 0 Å². The summed E-state index contributed by atoms with van der Waals surface area (Å²) < 4.78 is 10.9. The highest BCUT2D eigenvalue weighted by molar-refractivity contribution is 5.79. The van der Waals surface area contributed by atoms with Gasteiger partial charge in [-0.2, -0.15) is 0 Å². The number of guanidine groups is 1. The van der Waals surface area contributed by atoms with Gasteiger partial charge < -0.3 is 20.1 Å². The predicted octanol–water partition coefficient (Wildman–Crippen LogP) is 3.41. The maximum Gasteiger partial charge on any atom is 0.191 e. The molecule has 5 heteroatoms. The molecule has 26 heavy (non-hydrogen) atoms. The summed E-state index contributed by atoms with van der Waals surface area (Å²) in [7, 11) is 3.48. The van der Waals surface area contributed by atoms with Gasteiger partial charge in [0.05, 0.1) is 13.2 Å². The molecule has 0 heterocycles. The largest absolute Gasteiger partial charge is 0.494 e. The molecule has 2 rings (SSSR count). The molecule has 2 aromatic rings. The lowest BCUT2D eigenvalue weighted by Gasteiger charge is -2.15. The normalized spacial score (nSPS) is 11.3. The van der Waals surface area contributed by atoms with Gasteiger partial charge >= 0.3 is 0 Å². The number of aryl methyl sites for hydroxylation is 1. The minimum Gasteiger partial charge on any atom is -0.494 e. The molecule has 0 saturated carbocycles. The first kappa shape index (κ1) is 19.8. The van der Waals surface area contributed by atoms with Crippen molar-refractivity contribution in [3.8, 4) is 5.75 Å². The molecule has 0 bridgehead atoms. The maximum absolute atomic E-state index is 5.73. The van der Waals surface area contributed by atoms with E-state index < -0.39 is 0 Å². The minimum atomic E-state index is 0.635. The van der Waals surface area contributed by atoms with Crippen LogP contribution in [0.4, 0.5) is 0 Å². The quantitative estimate of drug-likeness (QED) is 0.563. The van der Waals surface area contributed by atoms with Crippen LogP contribution in [0.3, 0.4) is 0 Å². The molecule has 2 aromatic carbocycles. The third-order valence-corrected chi connectivity index (χ3v) is 3.99. The molecule has 0 radical (unpaired) electrons. The van der Waals surface area contributed by atoms with E-state index in [4.69, 9.17) is 9.47 Å². The Morgan fingerprint density at radius 2 is 1.69 bits per heavy atom. The molecule has 5 nitrogen and oxygen atoms in total. The third kappa shape index (κ3) is 6.08. The summed E-state index contributed by atoms with van der Waals surface area (Å²) in [4.78, 5) is 4.29. The molecule has 0 aliphatic heterocycles. The van der Waals surface area contributed by atoms with Crippen molar-refractivity contribution < 1.29 is 9.47 Å². The highest BCUT2D eigenvalue weighted by atomic mass is 16.5. The van der Waals surface area contributed by atoms with Crippen molar-refractivity contribution in [3.05, 3.63) is 64.7 Å². The SMILES string of the molecule is CCOc1cc(C)ccc1CNC(=NC)NCc1ccc(COC)cc1. The van der Waals surface area contributed by atoms with Crippen LogP contribution >= 0.6 is 0 Å². The molecule has 0 amide bonds. The molecule has 0 aromatic heterocycles. The smallest absolute Gasteiger partial charge is 0.191 e. The number of methoxy groups -OCH3 is 1. The van der Waals surface area contributed by atoms with E-state index >= 15 is 0 Å². The van der Waals surface area contributed by atoms with E-state index in [0.29, 0.717) is 26.3 Å². The van der Waals surface area contributed by atoms with E-state index in [-0.39, 0.29) is 0 Å². The Hall–Kier alpha value is -2.53. The van der Waals surface area contributed by atoms with Crippen LogP contribution in [0, 0.1) is 6.92 Å². The van der Waals surface area contributed by atoms with Crippen molar-refractivity contribution in [1.29, 1.82) is 0 Å². The monoisotopic (exact) mass is 355 g/mol. The number of rotatable bonds is 8. The lowest BCUT2D eigenvalue weighted by atomic mass is 10.1. The highest BCUT2D eigenvalue weighted by Gasteiger charge is 2.05. The Morgan fingerprint density at radius 3 is 2.35 bits per heavy atom. The summed E-state index contributed by atoms with van der Waals surface area (Å²) in [6, 6.07) is 14.6. The molecule has 2 N–H and O–H groups in total. The molecular formula is C21H29N3O2. The zero-order chi connectivity index (χ0) is 18.8. The summed E-state index contributed by atoms with van der Waals surface area (Å²) in [5.41, 5.74) is 4.67. The van der Waals surface area contributed by atoms with Crippen LogP contribution in [0.25, 0.3) is 0 Å². The molecule has 140 valence electrons. The van der Waals surface area contributed by atoms with Crippen LogP contribution in [0.5, 0.6) is 5.75 Å². The van der Waals surface area contributed by atoms with Gasteiger partial charge in [-0.25, -0.2) is 0 Å².